The molecular weight excluding hydrogens is 124 g/mol. The van der Waals surface area contributed by atoms with E-state index in [1.54, 1.807) is 0 Å². The molecule has 0 aromatic heterocycles. The van der Waals surface area contributed by atoms with E-state index in [9.17, 15) is 5.11 Å². The summed E-state index contributed by atoms with van der Waals surface area (Å²) in [5, 5.41) is 9.22. The molecule has 1 aromatic rings. The highest BCUT2D eigenvalue weighted by Crippen LogP contribution is 2.32. The zero-order valence-corrected chi connectivity index (χ0v) is 5.96. The van der Waals surface area contributed by atoms with E-state index in [0.717, 1.165) is 12.0 Å². The van der Waals surface area contributed by atoms with E-state index in [4.69, 9.17) is 0 Å². The number of hydrogen-bond acceptors (Lipinski definition) is 1. The van der Waals surface area contributed by atoms with Gasteiger partial charge in [0.15, 0.2) is 0 Å². The summed E-state index contributed by atoms with van der Waals surface area (Å²) in [6.07, 6.45) is 0.658. The zero-order chi connectivity index (χ0) is 7.14. The number of fused-ring (bicyclic) bond motifs is 1. The van der Waals surface area contributed by atoms with E-state index in [1.165, 1.54) is 11.1 Å². The molecule has 1 atom stereocenters. The highest BCUT2D eigenvalue weighted by Gasteiger charge is 2.22. The largest absolute Gasteiger partial charge is 0.388 e. The van der Waals surface area contributed by atoms with Crippen molar-refractivity contribution in [3.63, 3.8) is 0 Å². The Hall–Kier alpha value is -0.820. The summed E-state index contributed by atoms with van der Waals surface area (Å²) in [5.41, 5.74) is 3.66. The molecule has 2 rings (SSSR count). The first-order chi connectivity index (χ1) is 4.77. The molecule has 0 saturated heterocycles. The second-order valence-electron chi connectivity index (χ2n) is 2.92. The first kappa shape index (κ1) is 5.93. The van der Waals surface area contributed by atoms with E-state index in [-0.39, 0.29) is 6.10 Å². The molecule has 1 aromatic carbocycles. The van der Waals surface area contributed by atoms with Gasteiger partial charge in [-0.2, -0.15) is 0 Å². The van der Waals surface area contributed by atoms with Crippen LogP contribution >= 0.6 is 0 Å². The molecule has 1 nitrogen and oxygen atoms in total. The van der Waals surface area contributed by atoms with Gasteiger partial charge in [-0.05, 0) is 18.1 Å². The minimum Gasteiger partial charge on any atom is -0.388 e. The number of aliphatic hydroxyl groups is 1. The maximum absolute atomic E-state index is 9.22. The smallest absolute Gasteiger partial charge is 0.0833 e. The van der Waals surface area contributed by atoms with Gasteiger partial charge in [0.2, 0.25) is 0 Å². The van der Waals surface area contributed by atoms with E-state index >= 15 is 0 Å². The lowest BCUT2D eigenvalue weighted by atomic mass is 9.85. The van der Waals surface area contributed by atoms with Gasteiger partial charge in [-0.1, -0.05) is 23.8 Å². The first-order valence-corrected chi connectivity index (χ1v) is 3.55. The van der Waals surface area contributed by atoms with Gasteiger partial charge < -0.3 is 5.11 Å². The number of aliphatic hydroxyl groups excluding tert-OH is 1. The van der Waals surface area contributed by atoms with Gasteiger partial charge in [0.1, 0.15) is 0 Å². The number of hydrogen-bond donors (Lipinski definition) is 1. The fourth-order valence-corrected chi connectivity index (χ4v) is 1.40. The van der Waals surface area contributed by atoms with Crippen molar-refractivity contribution in [3.8, 4) is 0 Å². The molecule has 0 fully saturated rings. The quantitative estimate of drug-likeness (QED) is 0.571. The number of rotatable bonds is 0. The van der Waals surface area contributed by atoms with Gasteiger partial charge in [0, 0.05) is 6.42 Å². The van der Waals surface area contributed by atoms with Gasteiger partial charge in [-0.25, -0.2) is 0 Å². The Morgan fingerprint density at radius 3 is 2.90 bits per heavy atom. The van der Waals surface area contributed by atoms with Crippen molar-refractivity contribution in [2.75, 3.05) is 0 Å². The molecule has 0 bridgehead atoms. The van der Waals surface area contributed by atoms with Gasteiger partial charge in [-0.15, -0.1) is 0 Å². The lowest BCUT2D eigenvalue weighted by Crippen LogP contribution is -2.15. The van der Waals surface area contributed by atoms with Crippen LogP contribution in [0.1, 0.15) is 22.8 Å². The van der Waals surface area contributed by atoms with Crippen LogP contribution in [0.2, 0.25) is 0 Å². The molecular formula is C9H10O. The summed E-state index contributed by atoms with van der Waals surface area (Å²) < 4.78 is 0. The Bertz CT molecular complexity index is 265. The van der Waals surface area contributed by atoms with Gasteiger partial charge >= 0.3 is 0 Å². The van der Waals surface area contributed by atoms with Crippen LogP contribution in [-0.4, -0.2) is 5.11 Å². The Morgan fingerprint density at radius 2 is 2.30 bits per heavy atom. The lowest BCUT2D eigenvalue weighted by Gasteiger charge is -2.25. The third-order valence-corrected chi connectivity index (χ3v) is 2.07. The molecule has 1 unspecified atom stereocenters. The summed E-state index contributed by atoms with van der Waals surface area (Å²) in [7, 11) is 0. The monoisotopic (exact) mass is 134 g/mol. The summed E-state index contributed by atoms with van der Waals surface area (Å²) in [6.45, 7) is 2.05. The molecule has 52 valence electrons. The predicted molar refractivity (Wildman–Crippen MR) is 39.8 cm³/mol. The topological polar surface area (TPSA) is 20.2 Å². The van der Waals surface area contributed by atoms with Crippen LogP contribution in [-0.2, 0) is 6.42 Å². The number of aryl methyl sites for hydroxylation is 1. The Morgan fingerprint density at radius 1 is 1.50 bits per heavy atom. The van der Waals surface area contributed by atoms with Crippen molar-refractivity contribution in [1.29, 1.82) is 0 Å². The minimum atomic E-state index is -0.185. The van der Waals surface area contributed by atoms with Crippen LogP contribution in [0.5, 0.6) is 0 Å². The third kappa shape index (κ3) is 0.673. The second-order valence-corrected chi connectivity index (χ2v) is 2.92. The molecule has 1 aliphatic carbocycles. The standard InChI is InChI=1S/C9H10O/c1-6-2-3-7-5-9(10)8(7)4-6/h2-4,9-10H,5H2,1H3. The van der Waals surface area contributed by atoms with Crippen molar-refractivity contribution in [2.24, 2.45) is 0 Å². The molecule has 1 heteroatoms. The maximum Gasteiger partial charge on any atom is 0.0833 e. The van der Waals surface area contributed by atoms with Crippen LogP contribution < -0.4 is 0 Å². The van der Waals surface area contributed by atoms with Gasteiger partial charge in [0.25, 0.3) is 0 Å². The maximum atomic E-state index is 9.22. The van der Waals surface area contributed by atoms with E-state index in [1.807, 2.05) is 6.92 Å². The first-order valence-electron chi connectivity index (χ1n) is 3.55. The minimum absolute atomic E-state index is 0.185. The summed E-state index contributed by atoms with van der Waals surface area (Å²) in [4.78, 5) is 0. The van der Waals surface area contributed by atoms with Crippen molar-refractivity contribution < 1.29 is 5.11 Å². The van der Waals surface area contributed by atoms with Crippen molar-refractivity contribution in [1.82, 2.24) is 0 Å². The van der Waals surface area contributed by atoms with E-state index in [2.05, 4.69) is 18.2 Å². The molecule has 1 aliphatic rings. The van der Waals surface area contributed by atoms with Gasteiger partial charge in [0.05, 0.1) is 6.10 Å². The summed E-state index contributed by atoms with van der Waals surface area (Å²) >= 11 is 0. The molecule has 10 heavy (non-hydrogen) atoms. The highest BCUT2D eigenvalue weighted by atomic mass is 16.3. The third-order valence-electron chi connectivity index (χ3n) is 2.07. The predicted octanol–water partition coefficient (Wildman–Crippen LogP) is 1.58. The Balaban J connectivity index is 2.51. The SMILES string of the molecule is Cc1ccc2c(c1)C(O)C2. The Labute approximate surface area is 60.3 Å². The zero-order valence-electron chi connectivity index (χ0n) is 5.96. The van der Waals surface area contributed by atoms with Crippen LogP contribution in [0.4, 0.5) is 0 Å². The molecule has 0 aliphatic heterocycles. The highest BCUT2D eigenvalue weighted by molar-refractivity contribution is 5.40. The van der Waals surface area contributed by atoms with Crippen LogP contribution in [0.3, 0.4) is 0 Å². The van der Waals surface area contributed by atoms with Crippen LogP contribution in [0.15, 0.2) is 18.2 Å². The van der Waals surface area contributed by atoms with Crippen LogP contribution in [0, 0.1) is 6.92 Å². The summed E-state index contributed by atoms with van der Waals surface area (Å²) in [6, 6.07) is 6.24. The number of benzene rings is 1. The van der Waals surface area contributed by atoms with Crippen molar-refractivity contribution >= 4 is 0 Å². The molecule has 0 spiro atoms. The fourth-order valence-electron chi connectivity index (χ4n) is 1.40. The molecule has 0 saturated carbocycles. The average Bonchev–Trinajstić information content (AvgIpc) is 1.92. The summed E-state index contributed by atoms with van der Waals surface area (Å²) in [5.74, 6) is 0. The van der Waals surface area contributed by atoms with Crippen molar-refractivity contribution in [3.05, 3.63) is 34.9 Å². The van der Waals surface area contributed by atoms with E-state index < -0.39 is 0 Å². The molecule has 0 amide bonds. The molecule has 1 N–H and O–H groups in total. The van der Waals surface area contributed by atoms with Crippen molar-refractivity contribution in [2.45, 2.75) is 19.4 Å². The Kier molecular flexibility index (Phi) is 1.08. The van der Waals surface area contributed by atoms with Crippen LogP contribution in [0.25, 0.3) is 0 Å². The molecule has 0 heterocycles. The van der Waals surface area contributed by atoms with Gasteiger partial charge in [-0.3, -0.25) is 0 Å². The molecule has 0 radical (unpaired) electrons. The lowest BCUT2D eigenvalue weighted by molar-refractivity contribution is 0.153. The average molecular weight is 134 g/mol. The second kappa shape index (κ2) is 1.83. The fraction of sp³-hybridized carbons (Fsp3) is 0.333. The van der Waals surface area contributed by atoms with E-state index in [0.29, 0.717) is 0 Å². The normalized spacial score (nSPS) is 21.6.